The highest BCUT2D eigenvalue weighted by atomic mass is 16.4. The number of ketones is 1. The van der Waals surface area contributed by atoms with Gasteiger partial charge < -0.3 is 10.0 Å². The summed E-state index contributed by atoms with van der Waals surface area (Å²) in [6.07, 6.45) is 0.569. The van der Waals surface area contributed by atoms with Gasteiger partial charge in [0.1, 0.15) is 11.8 Å². The molecule has 0 aliphatic rings. The number of likely N-dealkylation sites (N-methyl/N-ethyl adjacent to an activating group) is 1. The first-order chi connectivity index (χ1) is 6.02. The molecule has 1 amide bonds. The number of nitrogens with zero attached hydrogens (tertiary/aromatic N) is 1. The Morgan fingerprint density at radius 3 is 2.38 bits per heavy atom. The Morgan fingerprint density at radius 1 is 1.54 bits per heavy atom. The standard InChI is InChI=1S/C8H13NO4/c1-3-6(11)4-7(8(12)13)9(2)5-10/h5,7H,3-4H2,1-2H3,(H,12,13). The largest absolute Gasteiger partial charge is 0.480 e. The predicted molar refractivity (Wildman–Crippen MR) is 45.2 cm³/mol. The van der Waals surface area contributed by atoms with Gasteiger partial charge in [-0.05, 0) is 0 Å². The second-order valence-corrected chi connectivity index (χ2v) is 2.72. The average molecular weight is 187 g/mol. The predicted octanol–water partition coefficient (Wildman–Crippen LogP) is -0.103. The number of carboxylic acid groups (broad SMARTS) is 1. The van der Waals surface area contributed by atoms with Crippen LogP contribution < -0.4 is 0 Å². The average Bonchev–Trinajstić information content (AvgIpc) is 2.11. The fourth-order valence-electron chi connectivity index (χ4n) is 0.839. The van der Waals surface area contributed by atoms with E-state index in [1.165, 1.54) is 7.05 Å². The van der Waals surface area contributed by atoms with Gasteiger partial charge in [-0.2, -0.15) is 0 Å². The highest BCUT2D eigenvalue weighted by Crippen LogP contribution is 2.02. The van der Waals surface area contributed by atoms with Crippen molar-refractivity contribution < 1.29 is 19.5 Å². The molecular formula is C8H13NO4. The van der Waals surface area contributed by atoms with Gasteiger partial charge in [0.25, 0.3) is 0 Å². The number of amides is 1. The van der Waals surface area contributed by atoms with E-state index in [0.717, 1.165) is 4.90 Å². The lowest BCUT2D eigenvalue weighted by Gasteiger charge is -2.19. The molecule has 5 nitrogen and oxygen atoms in total. The summed E-state index contributed by atoms with van der Waals surface area (Å²) in [6, 6.07) is -1.04. The summed E-state index contributed by atoms with van der Waals surface area (Å²) in [5.41, 5.74) is 0. The van der Waals surface area contributed by atoms with E-state index < -0.39 is 12.0 Å². The molecule has 74 valence electrons. The summed E-state index contributed by atoms with van der Waals surface area (Å²) in [7, 11) is 1.34. The first-order valence-electron chi connectivity index (χ1n) is 3.94. The molecular weight excluding hydrogens is 174 g/mol. The Kier molecular flexibility index (Phi) is 4.72. The minimum atomic E-state index is -1.16. The maximum absolute atomic E-state index is 10.9. The van der Waals surface area contributed by atoms with Gasteiger partial charge in [0, 0.05) is 19.9 Å². The molecule has 0 bridgehead atoms. The molecule has 0 spiro atoms. The minimum absolute atomic E-state index is 0.124. The van der Waals surface area contributed by atoms with Crippen LogP contribution in [-0.4, -0.2) is 41.3 Å². The smallest absolute Gasteiger partial charge is 0.326 e. The highest BCUT2D eigenvalue weighted by molar-refractivity contribution is 5.86. The second-order valence-electron chi connectivity index (χ2n) is 2.72. The van der Waals surface area contributed by atoms with Crippen LogP contribution in [-0.2, 0) is 14.4 Å². The third-order valence-electron chi connectivity index (χ3n) is 1.76. The van der Waals surface area contributed by atoms with Crippen molar-refractivity contribution in [3.63, 3.8) is 0 Å². The van der Waals surface area contributed by atoms with E-state index in [-0.39, 0.29) is 18.6 Å². The van der Waals surface area contributed by atoms with Crippen molar-refractivity contribution in [2.24, 2.45) is 0 Å². The number of rotatable bonds is 6. The van der Waals surface area contributed by atoms with Gasteiger partial charge in [-0.15, -0.1) is 0 Å². The van der Waals surface area contributed by atoms with Gasteiger partial charge >= 0.3 is 5.97 Å². The Bertz CT molecular complexity index is 214. The van der Waals surface area contributed by atoms with Gasteiger partial charge in [0.2, 0.25) is 6.41 Å². The Morgan fingerprint density at radius 2 is 2.08 bits per heavy atom. The van der Waals surface area contributed by atoms with Crippen LogP contribution in [0.15, 0.2) is 0 Å². The van der Waals surface area contributed by atoms with Crippen molar-refractivity contribution >= 4 is 18.2 Å². The molecule has 1 unspecified atom stereocenters. The minimum Gasteiger partial charge on any atom is -0.480 e. The molecule has 5 heteroatoms. The molecule has 0 aromatic rings. The first kappa shape index (κ1) is 11.6. The normalized spacial score (nSPS) is 11.8. The third-order valence-corrected chi connectivity index (χ3v) is 1.76. The molecule has 1 atom stereocenters. The molecule has 13 heavy (non-hydrogen) atoms. The molecule has 0 aromatic heterocycles. The maximum atomic E-state index is 10.9. The van der Waals surface area contributed by atoms with E-state index in [4.69, 9.17) is 5.11 Å². The van der Waals surface area contributed by atoms with Crippen molar-refractivity contribution in [3.8, 4) is 0 Å². The van der Waals surface area contributed by atoms with Gasteiger partial charge in [0.05, 0.1) is 0 Å². The van der Waals surface area contributed by atoms with Crippen LogP contribution in [0.2, 0.25) is 0 Å². The highest BCUT2D eigenvalue weighted by Gasteiger charge is 2.23. The molecule has 1 N–H and O–H groups in total. The van der Waals surface area contributed by atoms with Crippen LogP contribution in [0.25, 0.3) is 0 Å². The maximum Gasteiger partial charge on any atom is 0.326 e. The van der Waals surface area contributed by atoms with E-state index in [1.54, 1.807) is 6.92 Å². The Balaban J connectivity index is 4.34. The molecule has 0 rings (SSSR count). The van der Waals surface area contributed by atoms with E-state index in [1.807, 2.05) is 0 Å². The van der Waals surface area contributed by atoms with Gasteiger partial charge in [-0.3, -0.25) is 9.59 Å². The molecule has 0 heterocycles. The summed E-state index contributed by atoms with van der Waals surface area (Å²) in [5, 5.41) is 8.67. The molecule has 0 saturated heterocycles. The first-order valence-corrected chi connectivity index (χ1v) is 3.94. The lowest BCUT2D eigenvalue weighted by Crippen LogP contribution is -2.39. The Hall–Kier alpha value is -1.39. The third kappa shape index (κ3) is 3.68. The summed E-state index contributed by atoms with van der Waals surface area (Å²) >= 11 is 0. The van der Waals surface area contributed by atoms with E-state index in [0.29, 0.717) is 6.41 Å². The quantitative estimate of drug-likeness (QED) is 0.589. The van der Waals surface area contributed by atoms with Crippen LogP contribution in [0.3, 0.4) is 0 Å². The molecule has 0 saturated carbocycles. The number of hydrogen-bond donors (Lipinski definition) is 1. The van der Waals surface area contributed by atoms with Crippen LogP contribution in [0, 0.1) is 0 Å². The Labute approximate surface area is 76.3 Å². The van der Waals surface area contributed by atoms with Gasteiger partial charge in [0.15, 0.2) is 0 Å². The number of hydrogen-bond acceptors (Lipinski definition) is 3. The van der Waals surface area contributed by atoms with Crippen molar-refractivity contribution in [2.45, 2.75) is 25.8 Å². The molecule has 0 radical (unpaired) electrons. The summed E-state index contributed by atoms with van der Waals surface area (Å²) < 4.78 is 0. The van der Waals surface area contributed by atoms with Gasteiger partial charge in [-0.25, -0.2) is 4.79 Å². The second kappa shape index (κ2) is 5.29. The number of carboxylic acids is 1. The van der Waals surface area contributed by atoms with E-state index in [2.05, 4.69) is 0 Å². The van der Waals surface area contributed by atoms with Crippen molar-refractivity contribution in [1.82, 2.24) is 4.90 Å². The van der Waals surface area contributed by atoms with Crippen LogP contribution in [0.1, 0.15) is 19.8 Å². The number of carbonyl (C=O) groups excluding carboxylic acids is 2. The monoisotopic (exact) mass is 187 g/mol. The van der Waals surface area contributed by atoms with Crippen molar-refractivity contribution in [2.75, 3.05) is 7.05 Å². The molecule has 0 aliphatic carbocycles. The van der Waals surface area contributed by atoms with Crippen LogP contribution in [0.5, 0.6) is 0 Å². The van der Waals surface area contributed by atoms with Crippen LogP contribution in [0.4, 0.5) is 0 Å². The fraction of sp³-hybridized carbons (Fsp3) is 0.625. The van der Waals surface area contributed by atoms with Crippen molar-refractivity contribution in [1.29, 1.82) is 0 Å². The number of aliphatic carboxylic acids is 1. The number of Topliss-reactive ketones (excluding diaryl/α,β-unsaturated/α-hetero) is 1. The van der Waals surface area contributed by atoms with Crippen molar-refractivity contribution in [3.05, 3.63) is 0 Å². The molecule has 0 aromatic carbocycles. The number of carbonyl (C=O) groups is 3. The van der Waals surface area contributed by atoms with E-state index >= 15 is 0 Å². The topological polar surface area (TPSA) is 74.7 Å². The summed E-state index contributed by atoms with van der Waals surface area (Å²) in [6.45, 7) is 1.65. The lowest BCUT2D eigenvalue weighted by molar-refractivity contribution is -0.147. The molecule has 0 fully saturated rings. The lowest BCUT2D eigenvalue weighted by atomic mass is 10.1. The summed E-state index contributed by atoms with van der Waals surface area (Å²) in [5.74, 6) is -1.32. The SMILES string of the molecule is CCC(=O)CC(C(=O)O)N(C)C=O. The fourth-order valence-corrected chi connectivity index (χ4v) is 0.839. The van der Waals surface area contributed by atoms with E-state index in [9.17, 15) is 14.4 Å². The summed E-state index contributed by atoms with van der Waals surface area (Å²) in [4.78, 5) is 32.8. The van der Waals surface area contributed by atoms with Crippen LogP contribution >= 0.6 is 0 Å². The zero-order valence-corrected chi connectivity index (χ0v) is 7.69. The molecule has 0 aliphatic heterocycles. The zero-order chi connectivity index (χ0) is 10.4. The van der Waals surface area contributed by atoms with Gasteiger partial charge in [-0.1, -0.05) is 6.92 Å². The zero-order valence-electron chi connectivity index (χ0n) is 7.69.